The van der Waals surface area contributed by atoms with Crippen LogP contribution in [0.4, 0.5) is 0 Å². The quantitative estimate of drug-likeness (QED) is 0.250. The van der Waals surface area contributed by atoms with Crippen LogP contribution in [0.5, 0.6) is 11.5 Å². The molecule has 1 saturated heterocycles. The van der Waals surface area contributed by atoms with Crippen molar-refractivity contribution >= 4 is 17.8 Å². The topological polar surface area (TPSA) is 166 Å². The largest absolute Gasteiger partial charge is 0.504 e. The first-order valence-electron chi connectivity index (χ1n) is 12.9. The number of aromatic hydroxyl groups is 1. The van der Waals surface area contributed by atoms with Crippen LogP contribution in [0.2, 0.25) is 0 Å². The highest BCUT2D eigenvalue weighted by molar-refractivity contribution is 5.83. The zero-order valence-electron chi connectivity index (χ0n) is 22.8. The zero-order chi connectivity index (χ0) is 29.1. The van der Waals surface area contributed by atoms with E-state index in [9.17, 15) is 29.7 Å². The summed E-state index contributed by atoms with van der Waals surface area (Å²) in [6.07, 6.45) is 0.641. The van der Waals surface area contributed by atoms with Crippen molar-refractivity contribution in [2.45, 2.75) is 75.7 Å². The van der Waals surface area contributed by atoms with Crippen LogP contribution in [0, 0.1) is 6.92 Å². The summed E-state index contributed by atoms with van der Waals surface area (Å²) in [6, 6.07) is 3.08. The molecule has 3 aliphatic rings. The number of rotatable bonds is 7. The average molecular weight is 547 g/mol. The van der Waals surface area contributed by atoms with Crippen molar-refractivity contribution < 1.29 is 44.3 Å². The van der Waals surface area contributed by atoms with E-state index < -0.39 is 47.5 Å². The monoisotopic (exact) mass is 546 g/mol. The Morgan fingerprint density at radius 2 is 2.03 bits per heavy atom. The van der Waals surface area contributed by atoms with Crippen LogP contribution < -0.4 is 10.1 Å². The number of likely N-dealkylation sites (tertiary alicyclic amines) is 1. The summed E-state index contributed by atoms with van der Waals surface area (Å²) in [7, 11) is 1.94. The van der Waals surface area contributed by atoms with Gasteiger partial charge in [-0.2, -0.15) is 0 Å². The minimum absolute atomic E-state index is 0.0507. The van der Waals surface area contributed by atoms with Crippen LogP contribution in [-0.2, 0) is 24.5 Å². The molecule has 4 rings (SSSR count). The van der Waals surface area contributed by atoms with E-state index in [-0.39, 0.29) is 42.7 Å². The second-order valence-electron chi connectivity index (χ2n) is 10.3. The number of likely N-dealkylation sites (N-methyl/N-ethyl adjacent to an activating group) is 1. The van der Waals surface area contributed by atoms with Gasteiger partial charge in [0, 0.05) is 24.6 Å². The number of carboxylic acids is 1. The van der Waals surface area contributed by atoms with Crippen molar-refractivity contribution in [1.29, 1.82) is 0 Å². The number of esters is 1. The van der Waals surface area contributed by atoms with Crippen LogP contribution in [0.3, 0.4) is 0 Å². The second-order valence-corrected chi connectivity index (χ2v) is 10.3. The van der Waals surface area contributed by atoms with E-state index in [2.05, 4.69) is 16.8 Å². The highest BCUT2D eigenvalue weighted by atomic mass is 16.6. The van der Waals surface area contributed by atoms with E-state index in [0.717, 1.165) is 11.1 Å². The number of amides is 1. The Balaban J connectivity index is 0.00000134. The summed E-state index contributed by atoms with van der Waals surface area (Å²) in [6.45, 7) is 9.65. The highest BCUT2D eigenvalue weighted by Crippen LogP contribution is 2.62. The number of benzene rings is 1. The summed E-state index contributed by atoms with van der Waals surface area (Å²) in [5.41, 5.74) is -0.605. The molecule has 2 heterocycles. The molecule has 2 aliphatic heterocycles. The molecule has 0 saturated carbocycles. The smallest absolute Gasteiger partial charge is 0.333 e. The standard InChI is InChI=1S/C25H32N2O9.C3H6/c1-13-4-5-15(28)21-20(13)24-9-11-27(3)14(2)25(24,34)8-6-17(22(24)36-21)35-19(31)7-10-26-18(30)12-16(29)23(32)33;1-3-2/h4-6,14,16,22,28-29,34H,7-12H2,1-3H3,(H,26,30)(H,32,33);3H,1H2,2H3/t14?,16-,22?,24?,25?;/m0./s1. The molecule has 11 heteroatoms. The number of fused-ring (bicyclic) bond motifs is 1. The van der Waals surface area contributed by atoms with Gasteiger partial charge in [-0.1, -0.05) is 12.1 Å². The van der Waals surface area contributed by atoms with Crippen molar-refractivity contribution in [1.82, 2.24) is 10.2 Å². The number of ether oxygens (including phenoxy) is 2. The molecule has 1 aromatic rings. The van der Waals surface area contributed by atoms with E-state index in [4.69, 9.17) is 14.6 Å². The van der Waals surface area contributed by atoms with E-state index in [1.165, 1.54) is 0 Å². The number of carboxylic acid groups (broad SMARTS) is 1. The Morgan fingerprint density at radius 1 is 1.36 bits per heavy atom. The number of carbonyl (C=O) groups is 3. The number of hydrogen-bond acceptors (Lipinski definition) is 9. The molecular formula is C28H38N2O9. The Hall–Kier alpha value is -3.41. The maximum Gasteiger partial charge on any atom is 0.333 e. The van der Waals surface area contributed by atoms with Gasteiger partial charge in [-0.25, -0.2) is 4.79 Å². The molecule has 214 valence electrons. The molecular weight excluding hydrogens is 508 g/mol. The second kappa shape index (κ2) is 11.8. The van der Waals surface area contributed by atoms with E-state index >= 15 is 0 Å². The molecule has 1 aromatic carbocycles. The van der Waals surface area contributed by atoms with Crippen LogP contribution in [0.1, 0.15) is 50.7 Å². The number of piperidine rings is 1. The molecule has 5 atom stereocenters. The van der Waals surface area contributed by atoms with Crippen LogP contribution in [0.25, 0.3) is 0 Å². The molecule has 1 aliphatic carbocycles. The lowest BCUT2D eigenvalue weighted by atomic mass is 9.54. The number of aliphatic hydroxyl groups is 2. The summed E-state index contributed by atoms with van der Waals surface area (Å²) in [5, 5.41) is 43.0. The number of phenolic OH excluding ortho intramolecular Hbond substituents is 1. The number of hydrogen-bond donors (Lipinski definition) is 5. The molecule has 5 N–H and O–H groups in total. The number of nitrogens with zero attached hydrogens (tertiary/aromatic N) is 1. The Morgan fingerprint density at radius 3 is 2.67 bits per heavy atom. The van der Waals surface area contributed by atoms with Crippen molar-refractivity contribution in [3.63, 3.8) is 0 Å². The fourth-order valence-electron chi connectivity index (χ4n) is 5.83. The highest BCUT2D eigenvalue weighted by Gasteiger charge is 2.69. The number of carbonyl (C=O) groups excluding carboxylic acids is 2. The predicted octanol–water partition coefficient (Wildman–Crippen LogP) is 1.52. The first-order valence-corrected chi connectivity index (χ1v) is 12.9. The first-order chi connectivity index (χ1) is 18.3. The van der Waals surface area contributed by atoms with Crippen LogP contribution in [-0.4, -0.2) is 87.2 Å². The van der Waals surface area contributed by atoms with Crippen molar-refractivity contribution in [2.75, 3.05) is 20.1 Å². The maximum atomic E-state index is 12.6. The van der Waals surface area contributed by atoms with Gasteiger partial charge in [0.15, 0.2) is 23.7 Å². The van der Waals surface area contributed by atoms with Gasteiger partial charge in [-0.05, 0) is 58.5 Å². The van der Waals surface area contributed by atoms with Crippen molar-refractivity contribution in [2.24, 2.45) is 0 Å². The summed E-state index contributed by atoms with van der Waals surface area (Å²) >= 11 is 0. The lowest BCUT2D eigenvalue weighted by Crippen LogP contribution is -2.71. The Labute approximate surface area is 227 Å². The molecule has 39 heavy (non-hydrogen) atoms. The number of allylic oxidation sites excluding steroid dienone is 1. The van der Waals surface area contributed by atoms with Crippen molar-refractivity contribution in [3.05, 3.63) is 47.7 Å². The third-order valence-corrected chi connectivity index (χ3v) is 7.88. The molecule has 0 radical (unpaired) electrons. The van der Waals surface area contributed by atoms with Gasteiger partial charge < -0.3 is 40.1 Å². The lowest BCUT2D eigenvalue weighted by Gasteiger charge is -2.58. The van der Waals surface area contributed by atoms with Gasteiger partial charge in [0.1, 0.15) is 5.76 Å². The molecule has 0 aromatic heterocycles. The third-order valence-electron chi connectivity index (χ3n) is 7.88. The normalized spacial score (nSPS) is 27.7. The van der Waals surface area contributed by atoms with Gasteiger partial charge in [-0.3, -0.25) is 9.59 Å². The fourth-order valence-corrected chi connectivity index (χ4v) is 5.83. The summed E-state index contributed by atoms with van der Waals surface area (Å²) in [5.74, 6) is -2.40. The molecule has 4 unspecified atom stereocenters. The number of aliphatic hydroxyl groups excluding tert-OH is 1. The SMILES string of the molecule is C=CC.Cc1ccc(O)c2c1C13CCN(C)C(C)C1(O)CC=C(OC(=O)CCNC(=O)C[C@H](O)C(=O)O)C3O2. The lowest BCUT2D eigenvalue weighted by molar-refractivity contribution is -0.161. The Kier molecular flexibility index (Phi) is 9.09. The fraction of sp³-hybridized carbons (Fsp3) is 0.536. The van der Waals surface area contributed by atoms with E-state index in [1.54, 1.807) is 24.3 Å². The van der Waals surface area contributed by atoms with E-state index in [1.807, 2.05) is 27.8 Å². The average Bonchev–Trinajstić information content (AvgIpc) is 3.24. The molecule has 11 nitrogen and oxygen atoms in total. The first kappa shape index (κ1) is 30.1. The minimum atomic E-state index is -1.82. The summed E-state index contributed by atoms with van der Waals surface area (Å²) < 4.78 is 11.9. The molecule has 1 fully saturated rings. The van der Waals surface area contributed by atoms with Crippen molar-refractivity contribution in [3.8, 4) is 11.5 Å². The number of phenols is 1. The van der Waals surface area contributed by atoms with Gasteiger partial charge >= 0.3 is 11.9 Å². The zero-order valence-corrected chi connectivity index (χ0v) is 22.8. The molecule has 1 spiro atoms. The molecule has 0 bridgehead atoms. The van der Waals surface area contributed by atoms with Gasteiger partial charge in [0.25, 0.3) is 0 Å². The Bertz CT molecular complexity index is 1170. The van der Waals surface area contributed by atoms with Gasteiger partial charge in [-0.15, -0.1) is 6.58 Å². The van der Waals surface area contributed by atoms with Gasteiger partial charge in [0.2, 0.25) is 5.91 Å². The minimum Gasteiger partial charge on any atom is -0.504 e. The molecule has 1 amide bonds. The predicted molar refractivity (Wildman–Crippen MR) is 141 cm³/mol. The van der Waals surface area contributed by atoms with Crippen LogP contribution >= 0.6 is 0 Å². The number of nitrogens with one attached hydrogen (secondary N) is 1. The summed E-state index contributed by atoms with van der Waals surface area (Å²) in [4.78, 5) is 37.1. The van der Waals surface area contributed by atoms with Gasteiger partial charge in [0.05, 0.1) is 23.9 Å². The van der Waals surface area contributed by atoms with E-state index in [0.29, 0.717) is 13.0 Å². The third kappa shape index (κ3) is 5.39. The maximum absolute atomic E-state index is 12.6. The number of aliphatic carboxylic acids is 1. The van der Waals surface area contributed by atoms with Crippen LogP contribution in [0.15, 0.2) is 36.6 Å². The number of aryl methyl sites for hydroxylation is 1.